The Morgan fingerprint density at radius 3 is 2.44 bits per heavy atom. The normalized spacial score (nSPS) is 10.5. The highest BCUT2D eigenvalue weighted by molar-refractivity contribution is 5.58. The smallest absolute Gasteiger partial charge is 0.264 e. The first-order chi connectivity index (χ1) is 8.79. The summed E-state index contributed by atoms with van der Waals surface area (Å²) in [7, 11) is 0. The van der Waals surface area contributed by atoms with Crippen molar-refractivity contribution in [2.75, 3.05) is 6.54 Å². The van der Waals surface area contributed by atoms with E-state index in [-0.39, 0.29) is 5.56 Å². The number of hydrogen-bond acceptors (Lipinski definition) is 3. The standard InChI is InChI=1S/C14H17N3O/c15-10-2-1-3-11-4-6-12(7-5-11)13-8-9-14(18)17-16-13/h4-9H,1-3,10,15H2,(H,17,18). The second kappa shape index (κ2) is 6.12. The molecular formula is C14H17N3O. The Hall–Kier alpha value is -1.94. The number of benzene rings is 1. The number of nitrogens with two attached hydrogens (primary N) is 1. The molecular weight excluding hydrogens is 226 g/mol. The van der Waals surface area contributed by atoms with E-state index >= 15 is 0 Å². The Bertz CT molecular complexity index is 525. The predicted octanol–water partition coefficient (Wildman–Crippen LogP) is 1.72. The molecule has 1 aromatic carbocycles. The molecule has 0 unspecified atom stereocenters. The van der Waals surface area contributed by atoms with Crippen molar-refractivity contribution < 1.29 is 0 Å². The Labute approximate surface area is 106 Å². The minimum atomic E-state index is -0.183. The molecule has 0 aliphatic heterocycles. The van der Waals surface area contributed by atoms with Crippen LogP contribution >= 0.6 is 0 Å². The lowest BCUT2D eigenvalue weighted by Crippen LogP contribution is -2.05. The third kappa shape index (κ3) is 3.28. The Morgan fingerprint density at radius 2 is 1.83 bits per heavy atom. The fourth-order valence-electron chi connectivity index (χ4n) is 1.82. The van der Waals surface area contributed by atoms with Crippen molar-refractivity contribution >= 4 is 0 Å². The van der Waals surface area contributed by atoms with Gasteiger partial charge < -0.3 is 5.73 Å². The number of hydrogen-bond donors (Lipinski definition) is 2. The fourth-order valence-corrected chi connectivity index (χ4v) is 1.82. The highest BCUT2D eigenvalue weighted by Crippen LogP contribution is 2.16. The third-order valence-corrected chi connectivity index (χ3v) is 2.85. The number of rotatable bonds is 5. The molecule has 0 aliphatic carbocycles. The number of H-pyrrole nitrogens is 1. The number of aromatic amines is 1. The molecule has 0 atom stereocenters. The summed E-state index contributed by atoms with van der Waals surface area (Å²) in [6.07, 6.45) is 3.23. The van der Waals surface area contributed by atoms with Gasteiger partial charge >= 0.3 is 0 Å². The maximum absolute atomic E-state index is 10.9. The van der Waals surface area contributed by atoms with Crippen LogP contribution in [0.15, 0.2) is 41.2 Å². The molecule has 0 aliphatic rings. The van der Waals surface area contributed by atoms with Crippen LogP contribution in [0.5, 0.6) is 0 Å². The van der Waals surface area contributed by atoms with Crippen LogP contribution in [0.3, 0.4) is 0 Å². The summed E-state index contributed by atoms with van der Waals surface area (Å²) in [6.45, 7) is 0.749. The number of unbranched alkanes of at least 4 members (excludes halogenated alkanes) is 1. The van der Waals surface area contributed by atoms with Crippen molar-refractivity contribution in [1.82, 2.24) is 10.2 Å². The van der Waals surface area contributed by atoms with Crippen LogP contribution in [0.2, 0.25) is 0 Å². The average molecular weight is 243 g/mol. The summed E-state index contributed by atoms with van der Waals surface area (Å²) in [5.41, 5.74) is 8.38. The molecule has 2 rings (SSSR count). The zero-order valence-corrected chi connectivity index (χ0v) is 10.2. The molecule has 94 valence electrons. The predicted molar refractivity (Wildman–Crippen MR) is 72.3 cm³/mol. The van der Waals surface area contributed by atoms with E-state index < -0.39 is 0 Å². The van der Waals surface area contributed by atoms with Gasteiger partial charge in [0.25, 0.3) is 5.56 Å². The summed E-state index contributed by atoms with van der Waals surface area (Å²) in [5.74, 6) is 0. The van der Waals surface area contributed by atoms with E-state index in [1.165, 1.54) is 11.6 Å². The zero-order chi connectivity index (χ0) is 12.8. The van der Waals surface area contributed by atoms with E-state index in [9.17, 15) is 4.79 Å². The number of nitrogens with zero attached hydrogens (tertiary/aromatic N) is 1. The summed E-state index contributed by atoms with van der Waals surface area (Å²) >= 11 is 0. The van der Waals surface area contributed by atoms with Crippen LogP contribution in [-0.4, -0.2) is 16.7 Å². The third-order valence-electron chi connectivity index (χ3n) is 2.85. The largest absolute Gasteiger partial charge is 0.330 e. The number of nitrogens with one attached hydrogen (secondary N) is 1. The Kier molecular flexibility index (Phi) is 4.25. The van der Waals surface area contributed by atoms with Crippen molar-refractivity contribution in [3.05, 3.63) is 52.3 Å². The van der Waals surface area contributed by atoms with Crippen molar-refractivity contribution in [2.24, 2.45) is 5.73 Å². The molecule has 0 radical (unpaired) electrons. The monoisotopic (exact) mass is 243 g/mol. The van der Waals surface area contributed by atoms with Crippen molar-refractivity contribution in [1.29, 1.82) is 0 Å². The molecule has 0 saturated carbocycles. The zero-order valence-electron chi connectivity index (χ0n) is 10.2. The van der Waals surface area contributed by atoms with Gasteiger partial charge in [-0.2, -0.15) is 5.10 Å². The molecule has 1 aromatic heterocycles. The molecule has 0 fully saturated rings. The van der Waals surface area contributed by atoms with Gasteiger partial charge in [0, 0.05) is 11.6 Å². The lowest BCUT2D eigenvalue weighted by atomic mass is 10.0. The summed E-state index contributed by atoms with van der Waals surface area (Å²) in [6, 6.07) is 11.5. The number of aromatic nitrogens is 2. The molecule has 18 heavy (non-hydrogen) atoms. The summed E-state index contributed by atoms with van der Waals surface area (Å²) < 4.78 is 0. The van der Waals surface area contributed by atoms with Gasteiger partial charge in [0.15, 0.2) is 0 Å². The van der Waals surface area contributed by atoms with Gasteiger partial charge in [0.1, 0.15) is 0 Å². The van der Waals surface area contributed by atoms with Gasteiger partial charge in [-0.15, -0.1) is 0 Å². The highest BCUT2D eigenvalue weighted by Gasteiger charge is 1.99. The van der Waals surface area contributed by atoms with Crippen molar-refractivity contribution in [3.63, 3.8) is 0 Å². The second-order valence-electron chi connectivity index (χ2n) is 4.25. The van der Waals surface area contributed by atoms with Gasteiger partial charge in [-0.3, -0.25) is 4.79 Å². The van der Waals surface area contributed by atoms with Gasteiger partial charge in [0.2, 0.25) is 0 Å². The van der Waals surface area contributed by atoms with Gasteiger partial charge in [-0.05, 0) is 37.4 Å². The van der Waals surface area contributed by atoms with Gasteiger partial charge in [-0.25, -0.2) is 5.10 Å². The Balaban J connectivity index is 2.07. The lowest BCUT2D eigenvalue weighted by Gasteiger charge is -2.03. The molecule has 3 N–H and O–H groups in total. The van der Waals surface area contributed by atoms with E-state index in [1.807, 2.05) is 12.1 Å². The van der Waals surface area contributed by atoms with E-state index in [0.717, 1.165) is 37.1 Å². The van der Waals surface area contributed by atoms with Gasteiger partial charge in [0.05, 0.1) is 5.69 Å². The molecule has 2 aromatic rings. The first kappa shape index (κ1) is 12.5. The SMILES string of the molecule is NCCCCc1ccc(-c2ccc(=O)[nH]n2)cc1. The molecule has 0 saturated heterocycles. The molecule has 0 amide bonds. The van der Waals surface area contributed by atoms with Crippen molar-refractivity contribution in [3.8, 4) is 11.3 Å². The van der Waals surface area contributed by atoms with E-state index in [2.05, 4.69) is 22.3 Å². The van der Waals surface area contributed by atoms with Crippen LogP contribution in [0.4, 0.5) is 0 Å². The van der Waals surface area contributed by atoms with Crippen LogP contribution in [0.1, 0.15) is 18.4 Å². The molecule has 1 heterocycles. The van der Waals surface area contributed by atoms with Crippen LogP contribution in [-0.2, 0) is 6.42 Å². The average Bonchev–Trinajstić information content (AvgIpc) is 2.41. The summed E-state index contributed by atoms with van der Waals surface area (Å²) in [5, 5.41) is 6.43. The minimum absolute atomic E-state index is 0.183. The topological polar surface area (TPSA) is 71.8 Å². The summed E-state index contributed by atoms with van der Waals surface area (Å²) in [4.78, 5) is 10.9. The first-order valence-electron chi connectivity index (χ1n) is 6.15. The lowest BCUT2D eigenvalue weighted by molar-refractivity contribution is 0.745. The second-order valence-corrected chi connectivity index (χ2v) is 4.25. The molecule has 4 nitrogen and oxygen atoms in total. The molecule has 0 spiro atoms. The van der Waals surface area contributed by atoms with Gasteiger partial charge in [-0.1, -0.05) is 24.3 Å². The van der Waals surface area contributed by atoms with E-state index in [1.54, 1.807) is 6.07 Å². The van der Waals surface area contributed by atoms with E-state index in [0.29, 0.717) is 0 Å². The number of aryl methyl sites for hydroxylation is 1. The maximum Gasteiger partial charge on any atom is 0.264 e. The van der Waals surface area contributed by atoms with Crippen molar-refractivity contribution in [2.45, 2.75) is 19.3 Å². The molecule has 0 bridgehead atoms. The van der Waals surface area contributed by atoms with Crippen LogP contribution in [0.25, 0.3) is 11.3 Å². The van der Waals surface area contributed by atoms with Crippen LogP contribution < -0.4 is 11.3 Å². The Morgan fingerprint density at radius 1 is 1.06 bits per heavy atom. The minimum Gasteiger partial charge on any atom is -0.330 e. The quantitative estimate of drug-likeness (QED) is 0.785. The van der Waals surface area contributed by atoms with E-state index in [4.69, 9.17) is 5.73 Å². The van der Waals surface area contributed by atoms with Crippen LogP contribution in [0, 0.1) is 0 Å². The first-order valence-corrected chi connectivity index (χ1v) is 6.15. The fraction of sp³-hybridized carbons (Fsp3) is 0.286. The highest BCUT2D eigenvalue weighted by atomic mass is 16.1. The maximum atomic E-state index is 10.9. The molecule has 4 heteroatoms.